The number of esters is 1. The van der Waals surface area contributed by atoms with Crippen LogP contribution in [-0.2, 0) is 20.5 Å². The molecule has 1 amide bonds. The SMILES string of the molecule is C[C@H](OC(=O)[C@@H]1C[C@@H]1c1ccccc1C(F)(F)F)C(N)=O. The van der Waals surface area contributed by atoms with E-state index in [0.717, 1.165) is 6.07 Å². The molecule has 1 saturated carbocycles. The summed E-state index contributed by atoms with van der Waals surface area (Å²) in [5.74, 6) is -2.68. The molecule has 0 bridgehead atoms. The van der Waals surface area contributed by atoms with E-state index in [-0.39, 0.29) is 12.0 Å². The van der Waals surface area contributed by atoms with Crippen LogP contribution in [0.5, 0.6) is 0 Å². The zero-order valence-electron chi connectivity index (χ0n) is 11.2. The Bertz CT molecular complexity index is 571. The molecular weight excluding hydrogens is 287 g/mol. The van der Waals surface area contributed by atoms with Gasteiger partial charge in [0, 0.05) is 0 Å². The molecule has 3 atom stereocenters. The highest BCUT2D eigenvalue weighted by Gasteiger charge is 2.49. The minimum absolute atomic E-state index is 0.0821. The van der Waals surface area contributed by atoms with Gasteiger partial charge < -0.3 is 10.5 Å². The second kappa shape index (κ2) is 5.38. The minimum atomic E-state index is -4.46. The third-order valence-corrected chi connectivity index (χ3v) is 3.45. The number of nitrogens with two attached hydrogens (primary N) is 1. The van der Waals surface area contributed by atoms with E-state index >= 15 is 0 Å². The lowest BCUT2D eigenvalue weighted by molar-refractivity contribution is -0.155. The average molecular weight is 301 g/mol. The van der Waals surface area contributed by atoms with Crippen molar-refractivity contribution in [3.8, 4) is 0 Å². The summed E-state index contributed by atoms with van der Waals surface area (Å²) in [6.07, 6.45) is -5.28. The number of halogens is 3. The first-order valence-corrected chi connectivity index (χ1v) is 6.37. The second-order valence-corrected chi connectivity index (χ2v) is 5.02. The molecule has 0 radical (unpaired) electrons. The van der Waals surface area contributed by atoms with E-state index in [2.05, 4.69) is 0 Å². The summed E-state index contributed by atoms with van der Waals surface area (Å²) in [4.78, 5) is 22.6. The van der Waals surface area contributed by atoms with Crippen LogP contribution in [0.1, 0.15) is 30.4 Å². The van der Waals surface area contributed by atoms with Gasteiger partial charge in [-0.15, -0.1) is 0 Å². The van der Waals surface area contributed by atoms with Gasteiger partial charge >= 0.3 is 12.1 Å². The molecule has 7 heteroatoms. The normalized spacial score (nSPS) is 22.5. The molecule has 0 heterocycles. The fourth-order valence-electron chi connectivity index (χ4n) is 2.20. The van der Waals surface area contributed by atoms with E-state index in [1.54, 1.807) is 0 Å². The van der Waals surface area contributed by atoms with Gasteiger partial charge in [0.25, 0.3) is 5.91 Å². The van der Waals surface area contributed by atoms with Crippen molar-refractivity contribution in [2.24, 2.45) is 11.7 Å². The summed E-state index contributed by atoms with van der Waals surface area (Å²) in [6.45, 7) is 1.32. The minimum Gasteiger partial charge on any atom is -0.452 e. The maximum Gasteiger partial charge on any atom is 0.416 e. The molecule has 1 fully saturated rings. The Kier molecular flexibility index (Phi) is 3.93. The Hall–Kier alpha value is -2.05. The van der Waals surface area contributed by atoms with Crippen LogP contribution >= 0.6 is 0 Å². The van der Waals surface area contributed by atoms with Gasteiger partial charge in [-0.05, 0) is 30.9 Å². The first-order valence-electron chi connectivity index (χ1n) is 6.37. The van der Waals surface area contributed by atoms with Crippen LogP contribution < -0.4 is 5.73 Å². The number of hydrogen-bond acceptors (Lipinski definition) is 3. The summed E-state index contributed by atoms with van der Waals surface area (Å²) < 4.78 is 43.5. The molecule has 4 nitrogen and oxygen atoms in total. The molecule has 0 aliphatic heterocycles. The lowest BCUT2D eigenvalue weighted by Gasteiger charge is -2.13. The summed E-state index contributed by atoms with van der Waals surface area (Å²) in [7, 11) is 0. The van der Waals surface area contributed by atoms with Crippen LogP contribution in [0.2, 0.25) is 0 Å². The second-order valence-electron chi connectivity index (χ2n) is 5.02. The topological polar surface area (TPSA) is 69.4 Å². The monoisotopic (exact) mass is 301 g/mol. The summed E-state index contributed by atoms with van der Waals surface area (Å²) in [6, 6.07) is 5.15. The Morgan fingerprint density at radius 3 is 2.52 bits per heavy atom. The van der Waals surface area contributed by atoms with E-state index in [0.29, 0.717) is 0 Å². The number of primary amides is 1. The van der Waals surface area contributed by atoms with Gasteiger partial charge in [0.1, 0.15) is 0 Å². The molecule has 1 aliphatic carbocycles. The van der Waals surface area contributed by atoms with Gasteiger partial charge in [-0.25, -0.2) is 0 Å². The van der Waals surface area contributed by atoms with Gasteiger partial charge in [0.05, 0.1) is 11.5 Å². The third kappa shape index (κ3) is 3.34. The first kappa shape index (κ1) is 15.3. The molecule has 114 valence electrons. The van der Waals surface area contributed by atoms with Crippen molar-refractivity contribution < 1.29 is 27.5 Å². The number of amides is 1. The predicted molar refractivity (Wildman–Crippen MR) is 67.0 cm³/mol. The molecule has 0 spiro atoms. The average Bonchev–Trinajstić information content (AvgIpc) is 3.17. The standard InChI is InChI=1S/C14H14F3NO3/c1-7(12(18)19)21-13(20)10-6-9(10)8-4-2-3-5-11(8)14(15,16)17/h2-5,7,9-10H,6H2,1H3,(H2,18,19)/t7-,9+,10+/m0/s1. The quantitative estimate of drug-likeness (QED) is 0.867. The van der Waals surface area contributed by atoms with E-state index in [1.807, 2.05) is 0 Å². The fraction of sp³-hybridized carbons (Fsp3) is 0.429. The number of rotatable bonds is 4. The summed E-state index contributed by atoms with van der Waals surface area (Å²) >= 11 is 0. The molecule has 1 aliphatic rings. The lowest BCUT2D eigenvalue weighted by Crippen LogP contribution is -2.31. The highest BCUT2D eigenvalue weighted by Crippen LogP contribution is 2.51. The van der Waals surface area contributed by atoms with Crippen LogP contribution in [0, 0.1) is 5.92 Å². The Balaban J connectivity index is 2.11. The number of alkyl halides is 3. The van der Waals surface area contributed by atoms with Crippen molar-refractivity contribution in [3.05, 3.63) is 35.4 Å². The van der Waals surface area contributed by atoms with Gasteiger partial charge in [-0.1, -0.05) is 18.2 Å². The van der Waals surface area contributed by atoms with Crippen molar-refractivity contribution in [3.63, 3.8) is 0 Å². The predicted octanol–water partition coefficient (Wildman–Crippen LogP) is 2.23. The third-order valence-electron chi connectivity index (χ3n) is 3.45. The number of carbonyl (C=O) groups is 2. The summed E-state index contributed by atoms with van der Waals surface area (Å²) in [5.41, 5.74) is 4.31. The van der Waals surface area contributed by atoms with E-state index in [4.69, 9.17) is 10.5 Å². The van der Waals surface area contributed by atoms with Crippen LogP contribution in [0.3, 0.4) is 0 Å². The zero-order chi connectivity index (χ0) is 15.8. The van der Waals surface area contributed by atoms with Gasteiger partial charge in [-0.2, -0.15) is 13.2 Å². The molecule has 2 N–H and O–H groups in total. The number of carbonyl (C=O) groups excluding carboxylic acids is 2. The molecule has 0 saturated heterocycles. The molecular formula is C14H14F3NO3. The number of ether oxygens (including phenoxy) is 1. The first-order chi connectivity index (χ1) is 9.71. The number of hydrogen-bond donors (Lipinski definition) is 1. The largest absolute Gasteiger partial charge is 0.452 e. The van der Waals surface area contributed by atoms with Gasteiger partial charge in [0.2, 0.25) is 0 Å². The summed E-state index contributed by atoms with van der Waals surface area (Å²) in [5, 5.41) is 0. The maximum absolute atomic E-state index is 12.9. The van der Waals surface area contributed by atoms with Crippen molar-refractivity contribution in [2.45, 2.75) is 31.5 Å². The highest BCUT2D eigenvalue weighted by atomic mass is 19.4. The van der Waals surface area contributed by atoms with E-state index < -0.39 is 41.6 Å². The van der Waals surface area contributed by atoms with Crippen molar-refractivity contribution >= 4 is 11.9 Å². The van der Waals surface area contributed by atoms with Gasteiger partial charge in [-0.3, -0.25) is 9.59 Å². The lowest BCUT2D eigenvalue weighted by atomic mass is 10.0. The van der Waals surface area contributed by atoms with Crippen LogP contribution in [0.4, 0.5) is 13.2 Å². The van der Waals surface area contributed by atoms with Gasteiger partial charge in [0.15, 0.2) is 6.10 Å². The molecule has 2 rings (SSSR count). The Morgan fingerprint density at radius 1 is 1.33 bits per heavy atom. The highest BCUT2D eigenvalue weighted by molar-refractivity contribution is 5.84. The smallest absolute Gasteiger partial charge is 0.416 e. The van der Waals surface area contributed by atoms with Crippen LogP contribution in [0.25, 0.3) is 0 Å². The molecule has 1 aromatic carbocycles. The molecule has 0 aromatic heterocycles. The molecule has 1 aromatic rings. The van der Waals surface area contributed by atoms with E-state index in [9.17, 15) is 22.8 Å². The molecule has 21 heavy (non-hydrogen) atoms. The van der Waals surface area contributed by atoms with Crippen LogP contribution in [0.15, 0.2) is 24.3 Å². The molecule has 0 unspecified atom stereocenters. The van der Waals surface area contributed by atoms with Crippen molar-refractivity contribution in [1.29, 1.82) is 0 Å². The Morgan fingerprint density at radius 2 is 1.95 bits per heavy atom. The maximum atomic E-state index is 12.9. The van der Waals surface area contributed by atoms with E-state index in [1.165, 1.54) is 25.1 Å². The van der Waals surface area contributed by atoms with Crippen LogP contribution in [-0.4, -0.2) is 18.0 Å². The zero-order valence-corrected chi connectivity index (χ0v) is 11.2. The Labute approximate surface area is 119 Å². The number of benzene rings is 1. The van der Waals surface area contributed by atoms with Crippen molar-refractivity contribution in [1.82, 2.24) is 0 Å². The fourth-order valence-corrected chi connectivity index (χ4v) is 2.20. The van der Waals surface area contributed by atoms with Crippen molar-refractivity contribution in [2.75, 3.05) is 0 Å².